The van der Waals surface area contributed by atoms with E-state index >= 15 is 0 Å². The molecule has 2 unspecified atom stereocenters. The molecule has 1 aliphatic rings. The topological polar surface area (TPSA) is 35.5 Å². The highest BCUT2D eigenvalue weighted by molar-refractivity contribution is 4.84. The second-order valence-corrected chi connectivity index (χ2v) is 5.25. The molecule has 0 aromatic carbocycles. The van der Waals surface area contributed by atoms with Crippen LogP contribution in [-0.4, -0.2) is 48.8 Å². The number of piperidine rings is 1. The van der Waals surface area contributed by atoms with Gasteiger partial charge in [-0.2, -0.15) is 0 Å². The largest absolute Gasteiger partial charge is 0.396 e. The molecule has 1 aliphatic heterocycles. The summed E-state index contributed by atoms with van der Waals surface area (Å²) in [5.74, 6) is 0.810. The Bertz CT molecular complexity index is 187. The van der Waals surface area contributed by atoms with Crippen LogP contribution in [0.5, 0.6) is 0 Å². The van der Waals surface area contributed by atoms with Crippen molar-refractivity contribution in [2.24, 2.45) is 5.92 Å². The summed E-state index contributed by atoms with van der Waals surface area (Å²) >= 11 is 0. The quantitative estimate of drug-likeness (QED) is 0.638. The standard InChI is InChI=1S/C14H30N2O/c1-3-8-15-14-7-10-16(9-5-6-11-17)12-13(14)4-2/h13-15,17H,3-12H2,1-2H3. The number of likely N-dealkylation sites (tertiary alicyclic amines) is 1. The van der Waals surface area contributed by atoms with Gasteiger partial charge >= 0.3 is 0 Å². The fraction of sp³-hybridized carbons (Fsp3) is 1.00. The molecular weight excluding hydrogens is 212 g/mol. The number of aliphatic hydroxyl groups is 1. The Morgan fingerprint density at radius 2 is 2.12 bits per heavy atom. The van der Waals surface area contributed by atoms with E-state index in [1.54, 1.807) is 0 Å². The van der Waals surface area contributed by atoms with Crippen LogP contribution in [-0.2, 0) is 0 Å². The van der Waals surface area contributed by atoms with E-state index in [1.807, 2.05) is 0 Å². The third-order valence-corrected chi connectivity index (χ3v) is 3.88. The van der Waals surface area contributed by atoms with Crippen molar-refractivity contribution in [1.29, 1.82) is 0 Å². The zero-order valence-corrected chi connectivity index (χ0v) is 11.6. The Hall–Kier alpha value is -0.120. The molecule has 3 heteroatoms. The lowest BCUT2D eigenvalue weighted by Crippen LogP contribution is -2.49. The maximum Gasteiger partial charge on any atom is 0.0431 e. The van der Waals surface area contributed by atoms with Gasteiger partial charge < -0.3 is 15.3 Å². The summed E-state index contributed by atoms with van der Waals surface area (Å²) in [5, 5.41) is 12.5. The van der Waals surface area contributed by atoms with Gasteiger partial charge in [-0.25, -0.2) is 0 Å². The van der Waals surface area contributed by atoms with E-state index < -0.39 is 0 Å². The highest BCUT2D eigenvalue weighted by Gasteiger charge is 2.26. The molecule has 1 heterocycles. The van der Waals surface area contributed by atoms with Gasteiger partial charge in [0.25, 0.3) is 0 Å². The van der Waals surface area contributed by atoms with E-state index in [4.69, 9.17) is 5.11 Å². The molecule has 0 saturated carbocycles. The minimum atomic E-state index is 0.339. The van der Waals surface area contributed by atoms with Gasteiger partial charge in [-0.05, 0) is 51.2 Å². The fourth-order valence-electron chi connectivity index (χ4n) is 2.77. The number of aliphatic hydroxyl groups excluding tert-OH is 1. The number of rotatable bonds is 8. The van der Waals surface area contributed by atoms with Crippen LogP contribution in [0.4, 0.5) is 0 Å². The molecule has 2 N–H and O–H groups in total. The monoisotopic (exact) mass is 242 g/mol. The molecule has 0 amide bonds. The average Bonchev–Trinajstić information content (AvgIpc) is 2.37. The molecule has 1 rings (SSSR count). The Kier molecular flexibility index (Phi) is 7.82. The maximum atomic E-state index is 8.80. The fourth-order valence-corrected chi connectivity index (χ4v) is 2.77. The van der Waals surface area contributed by atoms with Crippen LogP contribution >= 0.6 is 0 Å². The predicted molar refractivity (Wildman–Crippen MR) is 73.2 cm³/mol. The minimum absolute atomic E-state index is 0.339. The van der Waals surface area contributed by atoms with Gasteiger partial charge in [-0.1, -0.05) is 20.3 Å². The molecular formula is C14H30N2O. The Morgan fingerprint density at radius 1 is 1.29 bits per heavy atom. The molecule has 102 valence electrons. The van der Waals surface area contributed by atoms with E-state index in [2.05, 4.69) is 24.1 Å². The van der Waals surface area contributed by atoms with Crippen molar-refractivity contribution < 1.29 is 5.11 Å². The third kappa shape index (κ3) is 5.36. The minimum Gasteiger partial charge on any atom is -0.396 e. The number of hydrogen-bond donors (Lipinski definition) is 2. The molecule has 0 spiro atoms. The Labute approximate surface area is 107 Å². The first-order valence-electron chi connectivity index (χ1n) is 7.38. The zero-order chi connectivity index (χ0) is 12.5. The lowest BCUT2D eigenvalue weighted by atomic mass is 9.89. The summed E-state index contributed by atoms with van der Waals surface area (Å²) in [6.07, 6.45) is 5.88. The SMILES string of the molecule is CCCNC1CCN(CCCCO)CC1CC. The predicted octanol–water partition coefficient (Wildman–Crippen LogP) is 1.86. The molecule has 0 bridgehead atoms. The molecule has 2 atom stereocenters. The van der Waals surface area contributed by atoms with Crippen molar-refractivity contribution in [3.63, 3.8) is 0 Å². The first-order chi connectivity index (χ1) is 8.31. The first kappa shape index (κ1) is 14.9. The molecule has 1 fully saturated rings. The number of unbranched alkanes of at least 4 members (excludes halogenated alkanes) is 1. The summed E-state index contributed by atoms with van der Waals surface area (Å²) in [6, 6.07) is 0.731. The van der Waals surface area contributed by atoms with Crippen molar-refractivity contribution in [1.82, 2.24) is 10.2 Å². The summed E-state index contributed by atoms with van der Waals surface area (Å²) in [7, 11) is 0. The van der Waals surface area contributed by atoms with Crippen LogP contribution in [0.15, 0.2) is 0 Å². The molecule has 1 saturated heterocycles. The lowest BCUT2D eigenvalue weighted by molar-refractivity contribution is 0.130. The highest BCUT2D eigenvalue weighted by Crippen LogP contribution is 2.20. The van der Waals surface area contributed by atoms with Crippen LogP contribution in [0.25, 0.3) is 0 Å². The number of hydrogen-bond acceptors (Lipinski definition) is 3. The molecule has 0 aromatic rings. The number of nitrogens with zero attached hydrogens (tertiary/aromatic N) is 1. The Balaban J connectivity index is 2.27. The van der Waals surface area contributed by atoms with Crippen molar-refractivity contribution in [3.8, 4) is 0 Å². The van der Waals surface area contributed by atoms with Gasteiger partial charge in [0.1, 0.15) is 0 Å². The van der Waals surface area contributed by atoms with Gasteiger partial charge in [0.15, 0.2) is 0 Å². The molecule has 0 aromatic heterocycles. The summed E-state index contributed by atoms with van der Waals surface area (Å²) < 4.78 is 0. The van der Waals surface area contributed by atoms with Gasteiger partial charge in [-0.3, -0.25) is 0 Å². The van der Waals surface area contributed by atoms with Crippen LogP contribution in [0, 0.1) is 5.92 Å². The Morgan fingerprint density at radius 3 is 2.76 bits per heavy atom. The van der Waals surface area contributed by atoms with E-state index in [0.29, 0.717) is 6.61 Å². The smallest absolute Gasteiger partial charge is 0.0431 e. The van der Waals surface area contributed by atoms with Crippen LogP contribution in [0.2, 0.25) is 0 Å². The van der Waals surface area contributed by atoms with E-state index in [-0.39, 0.29) is 0 Å². The zero-order valence-electron chi connectivity index (χ0n) is 11.6. The van der Waals surface area contributed by atoms with Crippen LogP contribution in [0.3, 0.4) is 0 Å². The molecule has 0 aliphatic carbocycles. The lowest BCUT2D eigenvalue weighted by Gasteiger charge is -2.38. The average molecular weight is 242 g/mol. The summed E-state index contributed by atoms with van der Waals surface area (Å²) in [6.45, 7) is 9.67. The second kappa shape index (κ2) is 8.90. The van der Waals surface area contributed by atoms with Gasteiger partial charge in [0.05, 0.1) is 0 Å². The summed E-state index contributed by atoms with van der Waals surface area (Å²) in [5.41, 5.74) is 0. The molecule has 3 nitrogen and oxygen atoms in total. The second-order valence-electron chi connectivity index (χ2n) is 5.25. The maximum absolute atomic E-state index is 8.80. The third-order valence-electron chi connectivity index (χ3n) is 3.88. The van der Waals surface area contributed by atoms with Crippen LogP contribution < -0.4 is 5.32 Å². The normalized spacial score (nSPS) is 26.3. The van der Waals surface area contributed by atoms with Crippen molar-refractivity contribution >= 4 is 0 Å². The van der Waals surface area contributed by atoms with Crippen molar-refractivity contribution in [2.45, 2.75) is 52.0 Å². The number of nitrogens with one attached hydrogen (secondary N) is 1. The van der Waals surface area contributed by atoms with E-state index in [1.165, 1.54) is 32.4 Å². The van der Waals surface area contributed by atoms with Gasteiger partial charge in [0, 0.05) is 19.2 Å². The molecule has 0 radical (unpaired) electrons. The van der Waals surface area contributed by atoms with Gasteiger partial charge in [0.2, 0.25) is 0 Å². The van der Waals surface area contributed by atoms with Crippen molar-refractivity contribution in [3.05, 3.63) is 0 Å². The van der Waals surface area contributed by atoms with Crippen LogP contribution in [0.1, 0.15) is 46.0 Å². The first-order valence-corrected chi connectivity index (χ1v) is 7.38. The van der Waals surface area contributed by atoms with Gasteiger partial charge in [-0.15, -0.1) is 0 Å². The summed E-state index contributed by atoms with van der Waals surface area (Å²) in [4.78, 5) is 2.58. The van der Waals surface area contributed by atoms with Crippen molar-refractivity contribution in [2.75, 3.05) is 32.8 Å². The van der Waals surface area contributed by atoms with E-state index in [0.717, 1.165) is 37.9 Å². The highest BCUT2D eigenvalue weighted by atomic mass is 16.2. The van der Waals surface area contributed by atoms with E-state index in [9.17, 15) is 0 Å². The molecule has 17 heavy (non-hydrogen) atoms.